The molecule has 0 saturated carbocycles. The molecule has 0 aliphatic carbocycles. The number of nitrogens with two attached hydrogens (primary N) is 1. The number of hydrogen-bond acceptors (Lipinski definition) is 4. The van der Waals surface area contributed by atoms with E-state index in [9.17, 15) is 4.79 Å². The molecule has 0 fully saturated rings. The fourth-order valence-corrected chi connectivity index (χ4v) is 1.53. The number of carbonyl (C=O) groups excluding carboxylic acids is 1. The molecule has 1 aromatic rings. The zero-order valence-corrected chi connectivity index (χ0v) is 11.7. The summed E-state index contributed by atoms with van der Waals surface area (Å²) in [6.45, 7) is 1.64. The molecule has 0 aliphatic heterocycles. The molecule has 3 N–H and O–H groups in total. The molecule has 0 aromatic heterocycles. The van der Waals surface area contributed by atoms with Crippen LogP contribution in [0.1, 0.15) is 12.8 Å². The van der Waals surface area contributed by atoms with E-state index in [4.69, 9.17) is 26.8 Å². The highest BCUT2D eigenvalue weighted by atomic mass is 35.5. The number of amides is 1. The fraction of sp³-hybridized carbons (Fsp3) is 0.462. The van der Waals surface area contributed by atoms with Crippen LogP contribution < -0.4 is 11.1 Å². The van der Waals surface area contributed by atoms with Crippen molar-refractivity contribution in [3.05, 3.63) is 23.2 Å². The molecule has 0 unspecified atom stereocenters. The van der Waals surface area contributed by atoms with Gasteiger partial charge in [0.2, 0.25) is 5.91 Å². The molecule has 0 bridgehead atoms. The lowest BCUT2D eigenvalue weighted by atomic mass is 10.2. The third kappa shape index (κ3) is 6.42. The Kier molecular flexibility index (Phi) is 7.25. The number of nitrogens with one attached hydrogen (secondary N) is 1. The van der Waals surface area contributed by atoms with Gasteiger partial charge in [-0.05, 0) is 24.6 Å². The van der Waals surface area contributed by atoms with Crippen molar-refractivity contribution in [2.45, 2.75) is 12.8 Å². The number of methoxy groups -OCH3 is 1. The van der Waals surface area contributed by atoms with Crippen molar-refractivity contribution >= 4 is 28.9 Å². The van der Waals surface area contributed by atoms with E-state index in [0.29, 0.717) is 42.6 Å². The van der Waals surface area contributed by atoms with Gasteiger partial charge in [-0.2, -0.15) is 0 Å². The molecule has 5 nitrogen and oxygen atoms in total. The molecule has 1 aromatic carbocycles. The summed E-state index contributed by atoms with van der Waals surface area (Å²) in [6.07, 6.45) is 1.13. The lowest BCUT2D eigenvalue weighted by molar-refractivity contribution is -0.117. The molecule has 19 heavy (non-hydrogen) atoms. The number of rotatable bonds is 8. The van der Waals surface area contributed by atoms with Gasteiger partial charge in [-0.3, -0.25) is 4.79 Å². The van der Waals surface area contributed by atoms with Crippen LogP contribution in [0.15, 0.2) is 18.2 Å². The van der Waals surface area contributed by atoms with Gasteiger partial charge in [0, 0.05) is 26.0 Å². The first kappa shape index (κ1) is 15.8. The molecule has 0 aliphatic rings. The van der Waals surface area contributed by atoms with E-state index < -0.39 is 0 Å². The number of halogens is 1. The van der Waals surface area contributed by atoms with E-state index in [1.807, 2.05) is 0 Å². The monoisotopic (exact) mass is 286 g/mol. The maximum atomic E-state index is 11.6. The van der Waals surface area contributed by atoms with Crippen LogP contribution in [-0.4, -0.2) is 32.8 Å². The first-order valence-electron chi connectivity index (χ1n) is 6.05. The molecule has 0 atom stereocenters. The number of carbonyl (C=O) groups is 1. The van der Waals surface area contributed by atoms with Crippen LogP contribution in [0.25, 0.3) is 0 Å². The summed E-state index contributed by atoms with van der Waals surface area (Å²) in [7, 11) is 1.64. The average molecular weight is 287 g/mol. The summed E-state index contributed by atoms with van der Waals surface area (Å²) in [6, 6.07) is 4.98. The van der Waals surface area contributed by atoms with Gasteiger partial charge in [0.1, 0.15) is 0 Å². The Morgan fingerprint density at radius 2 is 2.16 bits per heavy atom. The van der Waals surface area contributed by atoms with E-state index in [-0.39, 0.29) is 5.91 Å². The molecule has 1 amide bonds. The molecular weight excluding hydrogens is 268 g/mol. The molecular formula is C13H19ClN2O3. The van der Waals surface area contributed by atoms with Crippen LogP contribution in [0.5, 0.6) is 0 Å². The largest absolute Gasteiger partial charge is 0.397 e. The van der Waals surface area contributed by atoms with Crippen LogP contribution in [-0.2, 0) is 14.3 Å². The van der Waals surface area contributed by atoms with Crippen molar-refractivity contribution in [3.63, 3.8) is 0 Å². The molecule has 0 saturated heterocycles. The Balaban J connectivity index is 2.21. The zero-order chi connectivity index (χ0) is 14.1. The summed E-state index contributed by atoms with van der Waals surface area (Å²) in [5.74, 6) is -0.117. The highest BCUT2D eigenvalue weighted by molar-refractivity contribution is 6.33. The second-order valence-corrected chi connectivity index (χ2v) is 4.40. The Morgan fingerprint density at radius 1 is 1.37 bits per heavy atom. The first-order chi connectivity index (χ1) is 9.13. The van der Waals surface area contributed by atoms with Crippen molar-refractivity contribution in [3.8, 4) is 0 Å². The number of hydrogen-bond donors (Lipinski definition) is 2. The number of nitrogen functional groups attached to an aromatic ring is 1. The number of ether oxygens (including phenoxy) is 2. The Morgan fingerprint density at radius 3 is 2.84 bits per heavy atom. The Bertz CT molecular complexity index is 413. The van der Waals surface area contributed by atoms with Crippen molar-refractivity contribution in [1.82, 2.24) is 0 Å². The van der Waals surface area contributed by atoms with Crippen molar-refractivity contribution in [2.75, 3.05) is 38.0 Å². The lowest BCUT2D eigenvalue weighted by Crippen LogP contribution is -2.14. The van der Waals surface area contributed by atoms with E-state index in [2.05, 4.69) is 5.32 Å². The van der Waals surface area contributed by atoms with Gasteiger partial charge in [0.15, 0.2) is 0 Å². The van der Waals surface area contributed by atoms with Crippen LogP contribution >= 0.6 is 11.6 Å². The molecule has 106 valence electrons. The summed E-state index contributed by atoms with van der Waals surface area (Å²) in [5, 5.41) is 3.20. The van der Waals surface area contributed by atoms with E-state index in [0.717, 1.165) is 6.42 Å². The maximum absolute atomic E-state index is 11.6. The summed E-state index contributed by atoms with van der Waals surface area (Å²) in [5.41, 5.74) is 6.72. The van der Waals surface area contributed by atoms with Crippen LogP contribution in [0.2, 0.25) is 5.02 Å². The molecule has 6 heteroatoms. The Hall–Kier alpha value is -1.30. The van der Waals surface area contributed by atoms with E-state index in [1.54, 1.807) is 25.3 Å². The number of anilines is 2. The minimum atomic E-state index is -0.117. The fourth-order valence-electron chi connectivity index (χ4n) is 1.42. The predicted molar refractivity (Wildman–Crippen MR) is 76.4 cm³/mol. The SMILES string of the molecule is COCCCOCCC(=O)Nc1ccc(Cl)c(N)c1. The predicted octanol–water partition coefficient (Wildman–Crippen LogP) is 2.30. The second kappa shape index (κ2) is 8.74. The van der Waals surface area contributed by atoms with E-state index in [1.165, 1.54) is 0 Å². The van der Waals surface area contributed by atoms with Gasteiger partial charge in [-0.1, -0.05) is 11.6 Å². The summed E-state index contributed by atoms with van der Waals surface area (Å²) >= 11 is 5.79. The van der Waals surface area contributed by atoms with Gasteiger partial charge in [0.05, 0.1) is 23.7 Å². The Labute approximate surface area is 118 Å². The maximum Gasteiger partial charge on any atom is 0.226 e. The van der Waals surface area contributed by atoms with Crippen LogP contribution in [0.3, 0.4) is 0 Å². The normalized spacial score (nSPS) is 10.4. The minimum Gasteiger partial charge on any atom is -0.397 e. The molecule has 0 radical (unpaired) electrons. The van der Waals surface area contributed by atoms with Gasteiger partial charge in [0.25, 0.3) is 0 Å². The lowest BCUT2D eigenvalue weighted by Gasteiger charge is -2.07. The van der Waals surface area contributed by atoms with Crippen molar-refractivity contribution in [1.29, 1.82) is 0 Å². The van der Waals surface area contributed by atoms with Gasteiger partial charge in [-0.15, -0.1) is 0 Å². The molecule has 0 heterocycles. The quantitative estimate of drug-likeness (QED) is 0.568. The smallest absolute Gasteiger partial charge is 0.226 e. The average Bonchev–Trinajstić information content (AvgIpc) is 2.38. The van der Waals surface area contributed by atoms with Crippen LogP contribution in [0.4, 0.5) is 11.4 Å². The third-order valence-electron chi connectivity index (χ3n) is 2.39. The van der Waals surface area contributed by atoms with Gasteiger partial charge < -0.3 is 20.5 Å². The second-order valence-electron chi connectivity index (χ2n) is 3.99. The standard InChI is InChI=1S/C13H19ClN2O3/c1-18-6-2-7-19-8-5-13(17)16-10-3-4-11(14)12(15)9-10/h3-4,9H,2,5-8,15H2,1H3,(H,16,17). The summed E-state index contributed by atoms with van der Waals surface area (Å²) < 4.78 is 10.2. The van der Waals surface area contributed by atoms with Crippen molar-refractivity contribution < 1.29 is 14.3 Å². The molecule has 1 rings (SSSR count). The summed E-state index contributed by atoms with van der Waals surface area (Å²) in [4.78, 5) is 11.6. The van der Waals surface area contributed by atoms with Gasteiger partial charge in [-0.25, -0.2) is 0 Å². The van der Waals surface area contributed by atoms with Crippen LogP contribution in [0, 0.1) is 0 Å². The topological polar surface area (TPSA) is 73.6 Å². The third-order valence-corrected chi connectivity index (χ3v) is 2.73. The molecule has 0 spiro atoms. The highest BCUT2D eigenvalue weighted by Crippen LogP contribution is 2.22. The first-order valence-corrected chi connectivity index (χ1v) is 6.43. The van der Waals surface area contributed by atoms with Gasteiger partial charge >= 0.3 is 0 Å². The highest BCUT2D eigenvalue weighted by Gasteiger charge is 2.04. The minimum absolute atomic E-state index is 0.117. The zero-order valence-electron chi connectivity index (χ0n) is 10.9. The van der Waals surface area contributed by atoms with Crippen molar-refractivity contribution in [2.24, 2.45) is 0 Å². The number of benzene rings is 1. The van der Waals surface area contributed by atoms with E-state index >= 15 is 0 Å².